The number of rotatable bonds is 3. The number of nitrogens with zero attached hydrogens (tertiary/aromatic N) is 2. The van der Waals surface area contributed by atoms with Gasteiger partial charge in [-0.25, -0.2) is 9.50 Å². The van der Waals surface area contributed by atoms with Crippen molar-refractivity contribution in [3.8, 4) is 0 Å². The molecule has 2 aromatic heterocycles. The second-order valence-electron chi connectivity index (χ2n) is 3.85. The van der Waals surface area contributed by atoms with Crippen LogP contribution in [0.4, 0.5) is 0 Å². The van der Waals surface area contributed by atoms with E-state index >= 15 is 0 Å². The van der Waals surface area contributed by atoms with Gasteiger partial charge in [-0.05, 0) is 26.3 Å². The van der Waals surface area contributed by atoms with Crippen molar-refractivity contribution in [3.05, 3.63) is 33.4 Å². The van der Waals surface area contributed by atoms with Crippen LogP contribution in [0.2, 0.25) is 0 Å². The van der Waals surface area contributed by atoms with Gasteiger partial charge in [-0.3, -0.25) is 9.89 Å². The molecular weight excluding hydrogens is 204 g/mol. The quantitative estimate of drug-likeness (QED) is 0.785. The molecule has 3 N–H and O–H groups in total. The number of nitrogens with one attached hydrogen (secondary N) is 1. The van der Waals surface area contributed by atoms with Gasteiger partial charge in [0.05, 0.1) is 0 Å². The first-order valence-corrected chi connectivity index (χ1v) is 5.47. The molecule has 2 heterocycles. The van der Waals surface area contributed by atoms with E-state index in [-0.39, 0.29) is 5.56 Å². The summed E-state index contributed by atoms with van der Waals surface area (Å²) in [5, 5.41) is 3.04. The molecule has 2 aromatic rings. The molecule has 86 valence electrons. The maximum atomic E-state index is 12.1. The lowest BCUT2D eigenvalue weighted by atomic mass is 10.2. The van der Waals surface area contributed by atoms with Crippen molar-refractivity contribution in [1.82, 2.24) is 14.6 Å². The zero-order valence-electron chi connectivity index (χ0n) is 9.58. The van der Waals surface area contributed by atoms with Crippen molar-refractivity contribution in [3.63, 3.8) is 0 Å². The Morgan fingerprint density at radius 3 is 2.94 bits per heavy atom. The first-order valence-electron chi connectivity index (χ1n) is 5.47. The van der Waals surface area contributed by atoms with Gasteiger partial charge in [-0.1, -0.05) is 6.92 Å². The van der Waals surface area contributed by atoms with Crippen LogP contribution >= 0.6 is 0 Å². The minimum Gasteiger partial charge on any atom is -0.330 e. The normalized spacial score (nSPS) is 11.2. The largest absolute Gasteiger partial charge is 0.330 e. The number of fused-ring (bicyclic) bond motifs is 1. The summed E-state index contributed by atoms with van der Waals surface area (Å²) in [5.41, 5.74) is 8.62. The van der Waals surface area contributed by atoms with Crippen molar-refractivity contribution in [2.24, 2.45) is 5.73 Å². The van der Waals surface area contributed by atoms with Crippen LogP contribution in [0.25, 0.3) is 5.65 Å². The van der Waals surface area contributed by atoms with Gasteiger partial charge in [0, 0.05) is 23.0 Å². The molecule has 0 amide bonds. The first-order chi connectivity index (χ1) is 7.67. The monoisotopic (exact) mass is 220 g/mol. The van der Waals surface area contributed by atoms with E-state index in [0.717, 1.165) is 17.8 Å². The summed E-state index contributed by atoms with van der Waals surface area (Å²) in [5.74, 6) is 0. The van der Waals surface area contributed by atoms with E-state index < -0.39 is 0 Å². The second kappa shape index (κ2) is 4.09. The van der Waals surface area contributed by atoms with Gasteiger partial charge in [0.15, 0.2) is 5.65 Å². The third-order valence-electron chi connectivity index (χ3n) is 2.74. The minimum absolute atomic E-state index is 0.0346. The van der Waals surface area contributed by atoms with Crippen molar-refractivity contribution < 1.29 is 0 Å². The van der Waals surface area contributed by atoms with Crippen molar-refractivity contribution in [2.75, 3.05) is 6.54 Å². The van der Waals surface area contributed by atoms with E-state index in [1.165, 1.54) is 4.52 Å². The summed E-state index contributed by atoms with van der Waals surface area (Å²) in [6.07, 6.45) is 1.43. The number of nitrogens with two attached hydrogens (primary N) is 1. The molecule has 0 saturated carbocycles. The van der Waals surface area contributed by atoms with Gasteiger partial charge in [0.2, 0.25) is 0 Å². The number of aryl methyl sites for hydroxylation is 2. The Balaban J connectivity index is 2.71. The number of H-pyrrole nitrogens is 1. The third kappa shape index (κ3) is 1.63. The van der Waals surface area contributed by atoms with Crippen molar-refractivity contribution in [1.29, 1.82) is 0 Å². The topological polar surface area (TPSA) is 76.2 Å². The summed E-state index contributed by atoms with van der Waals surface area (Å²) in [6.45, 7) is 4.35. The van der Waals surface area contributed by atoms with Crippen LogP contribution in [0.5, 0.6) is 0 Å². The summed E-state index contributed by atoms with van der Waals surface area (Å²) < 4.78 is 1.50. The van der Waals surface area contributed by atoms with E-state index in [2.05, 4.69) is 10.1 Å². The Hall–Kier alpha value is -1.62. The van der Waals surface area contributed by atoms with Gasteiger partial charge < -0.3 is 5.73 Å². The minimum atomic E-state index is -0.0346. The summed E-state index contributed by atoms with van der Waals surface area (Å²) >= 11 is 0. The molecule has 5 nitrogen and oxygen atoms in total. The van der Waals surface area contributed by atoms with Crippen molar-refractivity contribution in [2.45, 2.75) is 26.7 Å². The number of aromatic amines is 1. The van der Waals surface area contributed by atoms with Crippen molar-refractivity contribution >= 4 is 5.65 Å². The highest BCUT2D eigenvalue weighted by molar-refractivity contribution is 5.41. The maximum absolute atomic E-state index is 12.1. The van der Waals surface area contributed by atoms with E-state index in [1.54, 1.807) is 0 Å². The zero-order valence-corrected chi connectivity index (χ0v) is 9.58. The molecular formula is C11H16N4O. The second-order valence-corrected chi connectivity index (χ2v) is 3.85. The average Bonchev–Trinajstić information content (AvgIpc) is 2.67. The molecule has 0 bridgehead atoms. The van der Waals surface area contributed by atoms with E-state index in [4.69, 9.17) is 5.73 Å². The number of hydrogen-bond donors (Lipinski definition) is 2. The fourth-order valence-corrected chi connectivity index (χ4v) is 1.83. The molecule has 0 radical (unpaired) electrons. The van der Waals surface area contributed by atoms with Gasteiger partial charge >= 0.3 is 0 Å². The Kier molecular flexibility index (Phi) is 2.78. The molecule has 0 aromatic carbocycles. The Morgan fingerprint density at radius 2 is 2.31 bits per heavy atom. The SMILES string of the molecule is CCc1cc2nc(C)c(CCN)c(=O)n2[nH]1. The molecule has 2 rings (SSSR count). The van der Waals surface area contributed by atoms with Crippen LogP contribution in [0.15, 0.2) is 10.9 Å². The molecule has 0 aliphatic carbocycles. The van der Waals surface area contributed by atoms with E-state index in [9.17, 15) is 4.79 Å². The average molecular weight is 220 g/mol. The molecule has 0 spiro atoms. The summed E-state index contributed by atoms with van der Waals surface area (Å²) in [7, 11) is 0. The lowest BCUT2D eigenvalue weighted by molar-refractivity contribution is 0.814. The lowest BCUT2D eigenvalue weighted by Gasteiger charge is -2.03. The fraction of sp³-hybridized carbons (Fsp3) is 0.455. The molecule has 16 heavy (non-hydrogen) atoms. The zero-order chi connectivity index (χ0) is 11.7. The smallest absolute Gasteiger partial charge is 0.276 e. The highest BCUT2D eigenvalue weighted by atomic mass is 16.1. The van der Waals surface area contributed by atoms with Crippen LogP contribution in [0, 0.1) is 6.92 Å². The van der Waals surface area contributed by atoms with Crippen LogP contribution < -0.4 is 11.3 Å². The third-order valence-corrected chi connectivity index (χ3v) is 2.74. The Bertz CT molecular complexity index is 567. The van der Waals surface area contributed by atoms with E-state index in [1.807, 2.05) is 19.9 Å². The molecule has 0 saturated heterocycles. The summed E-state index contributed by atoms with van der Waals surface area (Å²) in [6, 6.07) is 1.90. The van der Waals surface area contributed by atoms with Crippen LogP contribution in [0.3, 0.4) is 0 Å². The predicted molar refractivity (Wildman–Crippen MR) is 62.7 cm³/mol. The number of aromatic nitrogens is 3. The fourth-order valence-electron chi connectivity index (χ4n) is 1.83. The van der Waals surface area contributed by atoms with E-state index in [0.29, 0.717) is 24.2 Å². The first kappa shape index (κ1) is 10.9. The molecule has 0 fully saturated rings. The van der Waals surface area contributed by atoms with Gasteiger partial charge in [-0.15, -0.1) is 0 Å². The van der Waals surface area contributed by atoms with Crippen LogP contribution in [-0.4, -0.2) is 21.1 Å². The standard InChI is InChI=1S/C11H16N4O/c1-3-8-6-10-13-7(2)9(4-5-12)11(16)15(10)14-8/h6,14H,3-5,12H2,1-2H3. The Morgan fingerprint density at radius 1 is 1.56 bits per heavy atom. The number of hydrogen-bond acceptors (Lipinski definition) is 3. The highest BCUT2D eigenvalue weighted by Gasteiger charge is 2.10. The predicted octanol–water partition coefficient (Wildman–Crippen LogP) is 0.395. The molecule has 0 aliphatic heterocycles. The van der Waals surface area contributed by atoms with Crippen LogP contribution in [0.1, 0.15) is 23.9 Å². The molecule has 0 aliphatic rings. The molecule has 5 heteroatoms. The van der Waals surface area contributed by atoms with Gasteiger partial charge in [0.1, 0.15) is 0 Å². The lowest BCUT2D eigenvalue weighted by Crippen LogP contribution is -2.23. The Labute approximate surface area is 93.3 Å². The summed E-state index contributed by atoms with van der Waals surface area (Å²) in [4.78, 5) is 16.5. The highest BCUT2D eigenvalue weighted by Crippen LogP contribution is 2.06. The van der Waals surface area contributed by atoms with Crippen LogP contribution in [-0.2, 0) is 12.8 Å². The molecule has 0 atom stereocenters. The molecule has 0 unspecified atom stereocenters. The van der Waals surface area contributed by atoms with Gasteiger partial charge in [0.25, 0.3) is 5.56 Å². The maximum Gasteiger partial charge on any atom is 0.276 e. The van der Waals surface area contributed by atoms with Gasteiger partial charge in [-0.2, -0.15) is 0 Å².